The summed E-state index contributed by atoms with van der Waals surface area (Å²) in [5.74, 6) is 0.474. The van der Waals surface area contributed by atoms with E-state index in [0.717, 1.165) is 50.3 Å². The van der Waals surface area contributed by atoms with Crippen LogP contribution in [0.5, 0.6) is 0 Å². The van der Waals surface area contributed by atoms with E-state index >= 15 is 0 Å². The van der Waals surface area contributed by atoms with Crippen LogP contribution in [0.4, 0.5) is 10.6 Å². The fourth-order valence-corrected chi connectivity index (χ4v) is 3.84. The van der Waals surface area contributed by atoms with Gasteiger partial charge in [0.1, 0.15) is 6.61 Å². The first-order valence-corrected chi connectivity index (χ1v) is 10.3. The normalized spacial score (nSPS) is 20.1. The highest BCUT2D eigenvalue weighted by Crippen LogP contribution is 2.26. The van der Waals surface area contributed by atoms with Crippen molar-refractivity contribution in [2.24, 2.45) is 0 Å². The van der Waals surface area contributed by atoms with E-state index < -0.39 is 6.09 Å². The Morgan fingerprint density at radius 3 is 2.79 bits per heavy atom. The highest BCUT2D eigenvalue weighted by atomic mass is 35.5. The Kier molecular flexibility index (Phi) is 6.28. The standard InChI is InChI=1S/C21H25ClN4O3/c1-15-10-19(23-24-20(15)22)26(21(27)29-12-16-6-3-2-4-7-16)17-8-5-9-25(11-17)18-13-28-14-18/h2-4,6-7,10,17-18H,5,8-9,11-14H2,1H3/t17-/m1/s1. The van der Waals surface area contributed by atoms with Crippen molar-refractivity contribution in [3.63, 3.8) is 0 Å². The van der Waals surface area contributed by atoms with Crippen molar-refractivity contribution in [2.75, 3.05) is 31.2 Å². The van der Waals surface area contributed by atoms with Crippen molar-refractivity contribution in [2.45, 2.75) is 38.5 Å². The third-order valence-corrected chi connectivity index (χ3v) is 5.86. The van der Waals surface area contributed by atoms with Crippen molar-refractivity contribution < 1.29 is 14.3 Å². The minimum absolute atomic E-state index is 0.0394. The zero-order valence-corrected chi connectivity index (χ0v) is 17.2. The molecule has 1 atom stereocenters. The molecule has 1 aromatic heterocycles. The zero-order valence-electron chi connectivity index (χ0n) is 16.5. The van der Waals surface area contributed by atoms with Crippen LogP contribution >= 0.6 is 11.6 Å². The number of hydrogen-bond donors (Lipinski definition) is 0. The Balaban J connectivity index is 1.54. The number of ether oxygens (including phenoxy) is 2. The van der Waals surface area contributed by atoms with Gasteiger partial charge in [-0.3, -0.25) is 9.80 Å². The second-order valence-corrected chi connectivity index (χ2v) is 7.93. The molecule has 8 heteroatoms. The Bertz CT molecular complexity index is 847. The number of anilines is 1. The molecule has 29 heavy (non-hydrogen) atoms. The molecule has 0 unspecified atom stereocenters. The molecule has 0 saturated carbocycles. The van der Waals surface area contributed by atoms with Crippen molar-refractivity contribution in [3.05, 3.63) is 52.7 Å². The van der Waals surface area contributed by atoms with E-state index in [1.54, 1.807) is 11.0 Å². The van der Waals surface area contributed by atoms with Crippen LogP contribution in [0.15, 0.2) is 36.4 Å². The average molecular weight is 417 g/mol. The van der Waals surface area contributed by atoms with E-state index in [1.165, 1.54) is 0 Å². The molecule has 3 heterocycles. The van der Waals surface area contributed by atoms with Gasteiger partial charge in [0.25, 0.3) is 0 Å². The highest BCUT2D eigenvalue weighted by Gasteiger charge is 2.36. The third kappa shape index (κ3) is 4.69. The topological polar surface area (TPSA) is 67.8 Å². The lowest BCUT2D eigenvalue weighted by molar-refractivity contribution is -0.0719. The van der Waals surface area contributed by atoms with Gasteiger partial charge in [-0.05, 0) is 43.5 Å². The van der Waals surface area contributed by atoms with Gasteiger partial charge in [0.05, 0.1) is 25.3 Å². The lowest BCUT2D eigenvalue weighted by Crippen LogP contribution is -2.57. The molecular formula is C21H25ClN4O3. The van der Waals surface area contributed by atoms with Crippen LogP contribution < -0.4 is 4.90 Å². The lowest BCUT2D eigenvalue weighted by atomic mass is 10.0. The number of halogens is 1. The Hall–Kier alpha value is -2.22. The molecule has 2 aromatic rings. The first-order chi connectivity index (χ1) is 14.1. The molecule has 0 N–H and O–H groups in total. The predicted molar refractivity (Wildman–Crippen MR) is 110 cm³/mol. The van der Waals surface area contributed by atoms with E-state index in [4.69, 9.17) is 21.1 Å². The molecule has 0 aliphatic carbocycles. The SMILES string of the molecule is Cc1cc(N(C(=O)OCc2ccccc2)[C@@H]2CCCN(C3COC3)C2)nnc1Cl. The van der Waals surface area contributed by atoms with Crippen LogP contribution in [-0.4, -0.2) is 59.6 Å². The maximum absolute atomic E-state index is 13.1. The summed E-state index contributed by atoms with van der Waals surface area (Å²) in [6.45, 7) is 5.35. The van der Waals surface area contributed by atoms with Crippen LogP contribution in [0.2, 0.25) is 5.15 Å². The average Bonchev–Trinajstić information content (AvgIpc) is 2.69. The minimum Gasteiger partial charge on any atom is -0.444 e. The van der Waals surface area contributed by atoms with Crippen LogP contribution in [0.3, 0.4) is 0 Å². The number of carbonyl (C=O) groups excluding carboxylic acids is 1. The number of rotatable bonds is 5. The summed E-state index contributed by atoms with van der Waals surface area (Å²) in [7, 11) is 0. The maximum atomic E-state index is 13.1. The molecule has 0 bridgehead atoms. The fourth-order valence-electron chi connectivity index (χ4n) is 3.75. The third-order valence-electron chi connectivity index (χ3n) is 5.49. The second kappa shape index (κ2) is 9.07. The lowest BCUT2D eigenvalue weighted by Gasteiger charge is -2.44. The number of aryl methyl sites for hydroxylation is 1. The van der Waals surface area contributed by atoms with E-state index in [1.807, 2.05) is 37.3 Å². The molecule has 2 saturated heterocycles. The number of likely N-dealkylation sites (tertiary alicyclic amines) is 1. The number of nitrogens with zero attached hydrogens (tertiary/aromatic N) is 4. The monoisotopic (exact) mass is 416 g/mol. The van der Waals surface area contributed by atoms with Crippen molar-refractivity contribution in [3.8, 4) is 0 Å². The minimum atomic E-state index is -0.415. The van der Waals surface area contributed by atoms with Crippen LogP contribution in [0.25, 0.3) is 0 Å². The highest BCUT2D eigenvalue weighted by molar-refractivity contribution is 6.30. The Labute approximate surface area is 175 Å². The Morgan fingerprint density at radius 2 is 2.10 bits per heavy atom. The summed E-state index contributed by atoms with van der Waals surface area (Å²) in [5.41, 5.74) is 1.72. The van der Waals surface area contributed by atoms with Gasteiger partial charge < -0.3 is 9.47 Å². The van der Waals surface area contributed by atoms with E-state index in [9.17, 15) is 4.79 Å². The molecular weight excluding hydrogens is 392 g/mol. The largest absolute Gasteiger partial charge is 0.444 e. The number of hydrogen-bond acceptors (Lipinski definition) is 6. The van der Waals surface area contributed by atoms with Crippen LogP contribution in [0.1, 0.15) is 24.0 Å². The zero-order chi connectivity index (χ0) is 20.2. The molecule has 1 amide bonds. The quantitative estimate of drug-likeness (QED) is 0.743. The van der Waals surface area contributed by atoms with Gasteiger partial charge in [-0.2, -0.15) is 0 Å². The van der Waals surface area contributed by atoms with Gasteiger partial charge >= 0.3 is 6.09 Å². The van der Waals surface area contributed by atoms with E-state index in [2.05, 4.69) is 15.1 Å². The maximum Gasteiger partial charge on any atom is 0.416 e. The smallest absolute Gasteiger partial charge is 0.416 e. The summed E-state index contributed by atoms with van der Waals surface area (Å²) in [6.07, 6.45) is 1.47. The Morgan fingerprint density at radius 1 is 1.31 bits per heavy atom. The van der Waals surface area contributed by atoms with E-state index in [0.29, 0.717) is 17.0 Å². The van der Waals surface area contributed by atoms with Crippen molar-refractivity contribution in [1.82, 2.24) is 15.1 Å². The van der Waals surface area contributed by atoms with Crippen LogP contribution in [0, 0.1) is 6.92 Å². The van der Waals surface area contributed by atoms with Gasteiger partial charge in [0, 0.05) is 6.54 Å². The van der Waals surface area contributed by atoms with Crippen molar-refractivity contribution >= 4 is 23.5 Å². The first kappa shape index (κ1) is 20.1. The molecule has 2 aliphatic rings. The van der Waals surface area contributed by atoms with Crippen molar-refractivity contribution in [1.29, 1.82) is 0 Å². The van der Waals surface area contributed by atoms with Crippen LogP contribution in [-0.2, 0) is 16.1 Å². The molecule has 2 fully saturated rings. The van der Waals surface area contributed by atoms with Gasteiger partial charge in [-0.25, -0.2) is 4.79 Å². The fraction of sp³-hybridized carbons (Fsp3) is 0.476. The first-order valence-electron chi connectivity index (χ1n) is 9.93. The predicted octanol–water partition coefficient (Wildman–Crippen LogP) is 3.44. The summed E-state index contributed by atoms with van der Waals surface area (Å²) in [5, 5.41) is 8.54. The van der Waals surface area contributed by atoms with E-state index in [-0.39, 0.29) is 12.6 Å². The number of benzene rings is 1. The van der Waals surface area contributed by atoms with Gasteiger partial charge in [-0.1, -0.05) is 41.9 Å². The molecule has 7 nitrogen and oxygen atoms in total. The molecule has 154 valence electrons. The summed E-state index contributed by atoms with van der Waals surface area (Å²) >= 11 is 6.05. The summed E-state index contributed by atoms with van der Waals surface area (Å²) < 4.78 is 11.0. The van der Waals surface area contributed by atoms with Gasteiger partial charge in [0.2, 0.25) is 0 Å². The molecule has 2 aliphatic heterocycles. The van der Waals surface area contributed by atoms with Gasteiger partial charge in [0.15, 0.2) is 11.0 Å². The molecule has 0 radical (unpaired) electrons. The number of amides is 1. The molecule has 0 spiro atoms. The second-order valence-electron chi connectivity index (χ2n) is 7.57. The number of aromatic nitrogens is 2. The summed E-state index contributed by atoms with van der Waals surface area (Å²) in [6, 6.07) is 11.8. The molecule has 1 aromatic carbocycles. The number of piperidine rings is 1. The number of carbonyl (C=O) groups is 1. The summed E-state index contributed by atoms with van der Waals surface area (Å²) in [4.78, 5) is 17.2. The molecule has 4 rings (SSSR count). The van der Waals surface area contributed by atoms with Gasteiger partial charge in [-0.15, -0.1) is 10.2 Å².